The molecule has 1 aromatic rings. The van der Waals surface area contributed by atoms with Gasteiger partial charge in [-0.05, 0) is 0 Å². The Hall–Kier alpha value is -1.42. The van der Waals surface area contributed by atoms with E-state index < -0.39 is 0 Å². The maximum atomic E-state index is 5.22. The van der Waals surface area contributed by atoms with Gasteiger partial charge in [0.05, 0.1) is 18.1 Å². The molecule has 4 heteroatoms. The van der Waals surface area contributed by atoms with Crippen LogP contribution >= 0.6 is 0 Å². The van der Waals surface area contributed by atoms with Crippen molar-refractivity contribution in [3.8, 4) is 5.88 Å². The molecule has 15 heavy (non-hydrogen) atoms. The molecule has 0 aliphatic rings. The summed E-state index contributed by atoms with van der Waals surface area (Å²) in [7, 11) is 0. The molecule has 0 amide bonds. The molecule has 0 aliphatic carbocycles. The topological polar surface area (TPSA) is 47.0 Å². The van der Waals surface area contributed by atoms with E-state index in [1.807, 2.05) is 0 Å². The van der Waals surface area contributed by atoms with Gasteiger partial charge in [-0.25, -0.2) is 4.98 Å². The van der Waals surface area contributed by atoms with Crippen molar-refractivity contribution in [2.24, 2.45) is 0 Å². The maximum absolute atomic E-state index is 5.22. The van der Waals surface area contributed by atoms with Crippen LogP contribution < -0.4 is 10.1 Å². The fraction of sp³-hybridized carbons (Fsp3) is 0.455. The van der Waals surface area contributed by atoms with E-state index in [1.165, 1.54) is 0 Å². The fourth-order valence-electron chi connectivity index (χ4n) is 0.962. The van der Waals surface area contributed by atoms with Crippen LogP contribution in [0.3, 0.4) is 0 Å². The first-order valence-corrected chi connectivity index (χ1v) is 5.00. The molecule has 4 nitrogen and oxygen atoms in total. The van der Waals surface area contributed by atoms with Gasteiger partial charge in [0.1, 0.15) is 6.61 Å². The molecule has 0 spiro atoms. The summed E-state index contributed by atoms with van der Waals surface area (Å²) in [5.41, 5.74) is 0.912. The van der Waals surface area contributed by atoms with E-state index in [1.54, 1.807) is 18.5 Å². The highest BCUT2D eigenvalue weighted by Crippen LogP contribution is 2.03. The van der Waals surface area contributed by atoms with Crippen molar-refractivity contribution in [3.63, 3.8) is 0 Å². The third kappa shape index (κ3) is 4.56. The van der Waals surface area contributed by atoms with E-state index in [0.29, 0.717) is 18.5 Å². The first kappa shape index (κ1) is 11.7. The summed E-state index contributed by atoms with van der Waals surface area (Å²) >= 11 is 0. The van der Waals surface area contributed by atoms with Crippen molar-refractivity contribution in [2.75, 3.05) is 6.61 Å². The zero-order valence-corrected chi connectivity index (χ0v) is 9.23. The molecule has 0 saturated carbocycles. The molecule has 0 unspecified atom stereocenters. The van der Waals surface area contributed by atoms with Crippen molar-refractivity contribution < 1.29 is 4.74 Å². The molecule has 82 valence electrons. The third-order valence-corrected chi connectivity index (χ3v) is 1.72. The van der Waals surface area contributed by atoms with Crippen LogP contribution in [0.4, 0.5) is 0 Å². The van der Waals surface area contributed by atoms with Crippen LogP contribution in [0.5, 0.6) is 5.88 Å². The normalized spacial score (nSPS) is 10.3. The van der Waals surface area contributed by atoms with Gasteiger partial charge in [0, 0.05) is 12.6 Å². The summed E-state index contributed by atoms with van der Waals surface area (Å²) in [4.78, 5) is 8.34. The SMILES string of the molecule is C=CCOc1cnc(CNC(C)C)cn1. The quantitative estimate of drug-likeness (QED) is 0.719. The van der Waals surface area contributed by atoms with E-state index >= 15 is 0 Å². The average Bonchev–Trinajstić information content (AvgIpc) is 2.25. The van der Waals surface area contributed by atoms with Gasteiger partial charge in [0.15, 0.2) is 0 Å². The van der Waals surface area contributed by atoms with Crippen LogP contribution in [-0.2, 0) is 6.54 Å². The van der Waals surface area contributed by atoms with E-state index in [9.17, 15) is 0 Å². The summed E-state index contributed by atoms with van der Waals surface area (Å²) < 4.78 is 5.22. The van der Waals surface area contributed by atoms with Crippen molar-refractivity contribution >= 4 is 0 Å². The Morgan fingerprint density at radius 1 is 1.47 bits per heavy atom. The molecule has 0 fully saturated rings. The van der Waals surface area contributed by atoms with Crippen LogP contribution in [0.15, 0.2) is 25.0 Å². The largest absolute Gasteiger partial charge is 0.472 e. The lowest BCUT2D eigenvalue weighted by molar-refractivity contribution is 0.346. The zero-order chi connectivity index (χ0) is 11.1. The second-order valence-corrected chi connectivity index (χ2v) is 3.48. The van der Waals surface area contributed by atoms with E-state index in [4.69, 9.17) is 4.74 Å². The maximum Gasteiger partial charge on any atom is 0.232 e. The van der Waals surface area contributed by atoms with Crippen LogP contribution in [0, 0.1) is 0 Å². The van der Waals surface area contributed by atoms with Crippen molar-refractivity contribution in [1.29, 1.82) is 0 Å². The Bertz CT molecular complexity index is 295. The van der Waals surface area contributed by atoms with Crippen LogP contribution in [0.25, 0.3) is 0 Å². The Morgan fingerprint density at radius 3 is 2.80 bits per heavy atom. The summed E-state index contributed by atoms with van der Waals surface area (Å²) in [5, 5.41) is 3.26. The van der Waals surface area contributed by atoms with E-state index in [-0.39, 0.29) is 0 Å². The van der Waals surface area contributed by atoms with Crippen molar-refractivity contribution in [2.45, 2.75) is 26.4 Å². The highest BCUT2D eigenvalue weighted by molar-refractivity contribution is 5.07. The highest BCUT2D eigenvalue weighted by atomic mass is 16.5. The van der Waals surface area contributed by atoms with Gasteiger partial charge >= 0.3 is 0 Å². The van der Waals surface area contributed by atoms with Gasteiger partial charge in [0.25, 0.3) is 0 Å². The molecule has 0 bridgehead atoms. The number of ether oxygens (including phenoxy) is 1. The molecule has 1 rings (SSSR count). The Kier molecular flexibility index (Phi) is 4.77. The number of nitrogens with zero attached hydrogens (tertiary/aromatic N) is 2. The summed E-state index contributed by atoms with van der Waals surface area (Å²) in [6.07, 6.45) is 5.02. The minimum atomic E-state index is 0.448. The monoisotopic (exact) mass is 207 g/mol. The van der Waals surface area contributed by atoms with Crippen LogP contribution in [-0.4, -0.2) is 22.6 Å². The molecule has 0 aromatic carbocycles. The molecule has 0 radical (unpaired) electrons. The average molecular weight is 207 g/mol. The molecule has 0 atom stereocenters. The fourth-order valence-corrected chi connectivity index (χ4v) is 0.962. The van der Waals surface area contributed by atoms with Gasteiger partial charge in [-0.3, -0.25) is 4.98 Å². The van der Waals surface area contributed by atoms with E-state index in [2.05, 4.69) is 35.7 Å². The zero-order valence-electron chi connectivity index (χ0n) is 9.23. The standard InChI is InChI=1S/C11H17N3O/c1-4-5-15-11-8-13-10(7-14-11)6-12-9(2)3/h4,7-9,12H,1,5-6H2,2-3H3. The predicted molar refractivity (Wildman–Crippen MR) is 59.7 cm³/mol. The lowest BCUT2D eigenvalue weighted by Crippen LogP contribution is -2.22. The van der Waals surface area contributed by atoms with Gasteiger partial charge in [-0.1, -0.05) is 26.5 Å². The molecule has 0 aliphatic heterocycles. The first-order chi connectivity index (χ1) is 7.22. The smallest absolute Gasteiger partial charge is 0.232 e. The molecule has 1 N–H and O–H groups in total. The summed E-state index contributed by atoms with van der Waals surface area (Å²) in [6, 6.07) is 0.448. The Balaban J connectivity index is 2.45. The lowest BCUT2D eigenvalue weighted by atomic mass is 10.3. The predicted octanol–water partition coefficient (Wildman–Crippen LogP) is 1.54. The molecule has 1 heterocycles. The molecule has 0 saturated heterocycles. The second-order valence-electron chi connectivity index (χ2n) is 3.48. The molecular weight excluding hydrogens is 190 g/mol. The minimum absolute atomic E-state index is 0.448. The number of nitrogens with one attached hydrogen (secondary N) is 1. The lowest BCUT2D eigenvalue weighted by Gasteiger charge is -2.07. The van der Waals surface area contributed by atoms with Crippen LogP contribution in [0.2, 0.25) is 0 Å². The summed E-state index contributed by atoms with van der Waals surface area (Å²) in [6.45, 7) is 8.93. The highest BCUT2D eigenvalue weighted by Gasteiger charge is 1.98. The summed E-state index contributed by atoms with van der Waals surface area (Å²) in [5.74, 6) is 0.531. The van der Waals surface area contributed by atoms with E-state index in [0.717, 1.165) is 12.2 Å². The van der Waals surface area contributed by atoms with Gasteiger partial charge in [-0.2, -0.15) is 0 Å². The van der Waals surface area contributed by atoms with Crippen molar-refractivity contribution in [3.05, 3.63) is 30.7 Å². The van der Waals surface area contributed by atoms with Crippen LogP contribution in [0.1, 0.15) is 19.5 Å². The Morgan fingerprint density at radius 2 is 2.27 bits per heavy atom. The Labute approximate surface area is 90.4 Å². The van der Waals surface area contributed by atoms with Gasteiger partial charge in [-0.15, -0.1) is 0 Å². The van der Waals surface area contributed by atoms with Gasteiger partial charge < -0.3 is 10.1 Å². The molecular formula is C11H17N3O. The number of hydrogen-bond donors (Lipinski definition) is 1. The van der Waals surface area contributed by atoms with Gasteiger partial charge in [0.2, 0.25) is 5.88 Å². The third-order valence-electron chi connectivity index (χ3n) is 1.72. The second kappa shape index (κ2) is 6.14. The minimum Gasteiger partial charge on any atom is -0.472 e. The van der Waals surface area contributed by atoms with Crippen molar-refractivity contribution in [1.82, 2.24) is 15.3 Å². The number of hydrogen-bond acceptors (Lipinski definition) is 4. The first-order valence-electron chi connectivity index (χ1n) is 5.00. The number of aromatic nitrogens is 2. The molecule has 1 aromatic heterocycles. The number of rotatable bonds is 6.